The van der Waals surface area contributed by atoms with Crippen LogP contribution < -0.4 is 4.90 Å². The number of allylic oxidation sites excluding steroid dienone is 2. The van der Waals surface area contributed by atoms with Gasteiger partial charge in [-0.3, -0.25) is 0 Å². The Balaban J connectivity index is 1.47. The fraction of sp³-hybridized carbons (Fsp3) is 0.174. The first-order valence-electron chi connectivity index (χ1n) is 17.1. The lowest BCUT2D eigenvalue weighted by Gasteiger charge is -2.48. The summed E-state index contributed by atoms with van der Waals surface area (Å²) < 4.78 is 2.13. The molecule has 0 aliphatic heterocycles. The van der Waals surface area contributed by atoms with Gasteiger partial charge in [-0.1, -0.05) is 116 Å². The summed E-state index contributed by atoms with van der Waals surface area (Å²) >= 11 is 7.34. The number of nitrogens with zero attached hydrogens (tertiary/aromatic N) is 1. The van der Waals surface area contributed by atoms with Crippen molar-refractivity contribution in [3.8, 4) is 0 Å². The summed E-state index contributed by atoms with van der Waals surface area (Å²) in [6.45, 7) is 9.20. The van der Waals surface area contributed by atoms with Crippen molar-refractivity contribution in [2.45, 2.75) is 51.4 Å². The number of anilines is 3. The van der Waals surface area contributed by atoms with Crippen LogP contribution >= 0.6 is 31.9 Å². The molecule has 6 aromatic carbocycles. The molecule has 3 heteroatoms. The molecule has 2 atom stereocenters. The van der Waals surface area contributed by atoms with E-state index in [9.17, 15) is 0 Å². The summed E-state index contributed by atoms with van der Waals surface area (Å²) in [7, 11) is 0. The van der Waals surface area contributed by atoms with E-state index in [4.69, 9.17) is 0 Å². The molecule has 6 aromatic rings. The quantitative estimate of drug-likeness (QED) is 0.169. The van der Waals surface area contributed by atoms with Gasteiger partial charge in [-0.2, -0.15) is 0 Å². The number of aryl methyl sites for hydroxylation is 1. The standard InChI is InChI=1S/C46H39Br2N/c1-30(2)31(3)38-12-6-8-14-40(38)45(4)41-15-9-10-16-43(41)46(28-27-32-11-5-7-13-39(32)46)44-29-37(25-26-42(44)45)49(35-21-17-33(47)18-22-35)36-23-19-34(48)20-24-36/h5-26,29H,27-28H2,1-4H3. The molecule has 0 saturated carbocycles. The first kappa shape index (κ1) is 32.0. The second-order valence-electron chi connectivity index (χ2n) is 13.9. The summed E-state index contributed by atoms with van der Waals surface area (Å²) in [4.78, 5) is 2.40. The van der Waals surface area contributed by atoms with Gasteiger partial charge in [0.05, 0.1) is 0 Å². The van der Waals surface area contributed by atoms with Crippen LogP contribution in [0.2, 0.25) is 0 Å². The van der Waals surface area contributed by atoms with Gasteiger partial charge in [0.15, 0.2) is 0 Å². The summed E-state index contributed by atoms with van der Waals surface area (Å²) in [5.41, 5.74) is 16.6. The zero-order valence-corrected chi connectivity index (χ0v) is 31.6. The van der Waals surface area contributed by atoms with Crippen LogP contribution in [-0.4, -0.2) is 0 Å². The average Bonchev–Trinajstić information content (AvgIpc) is 3.52. The zero-order chi connectivity index (χ0) is 33.9. The van der Waals surface area contributed by atoms with Gasteiger partial charge >= 0.3 is 0 Å². The number of hydrogen-bond donors (Lipinski definition) is 0. The lowest BCUT2D eigenvalue weighted by Crippen LogP contribution is -2.42. The molecule has 1 spiro atoms. The first-order chi connectivity index (χ1) is 23.7. The van der Waals surface area contributed by atoms with Crippen LogP contribution in [0.5, 0.6) is 0 Å². The van der Waals surface area contributed by atoms with Gasteiger partial charge in [0.25, 0.3) is 0 Å². The highest BCUT2D eigenvalue weighted by Crippen LogP contribution is 2.60. The van der Waals surface area contributed by atoms with Crippen LogP contribution in [0.15, 0.2) is 154 Å². The van der Waals surface area contributed by atoms with Crippen LogP contribution in [0.3, 0.4) is 0 Å². The monoisotopic (exact) mass is 763 g/mol. The number of rotatable bonds is 5. The average molecular weight is 766 g/mol. The van der Waals surface area contributed by atoms with E-state index < -0.39 is 0 Å². The molecule has 0 bridgehead atoms. The molecule has 0 amide bonds. The molecule has 242 valence electrons. The molecule has 0 saturated heterocycles. The number of halogens is 2. The second kappa shape index (κ2) is 12.3. The molecule has 49 heavy (non-hydrogen) atoms. The van der Waals surface area contributed by atoms with Gasteiger partial charge in [0.2, 0.25) is 0 Å². The van der Waals surface area contributed by atoms with E-state index in [0.29, 0.717) is 0 Å². The number of fused-ring (bicyclic) bond motifs is 6. The molecule has 0 radical (unpaired) electrons. The second-order valence-corrected chi connectivity index (χ2v) is 15.8. The van der Waals surface area contributed by atoms with Crippen LogP contribution in [0.4, 0.5) is 17.1 Å². The summed E-state index contributed by atoms with van der Waals surface area (Å²) in [6.07, 6.45) is 2.10. The number of hydrogen-bond acceptors (Lipinski definition) is 1. The Morgan fingerprint density at radius 1 is 0.531 bits per heavy atom. The van der Waals surface area contributed by atoms with E-state index in [-0.39, 0.29) is 10.8 Å². The third kappa shape index (κ3) is 5.00. The minimum atomic E-state index is -0.374. The molecule has 8 rings (SSSR count). The minimum Gasteiger partial charge on any atom is -0.310 e. The molecule has 0 aromatic heterocycles. The summed E-state index contributed by atoms with van der Waals surface area (Å²) in [6, 6.07) is 52.2. The molecule has 0 fully saturated rings. The van der Waals surface area contributed by atoms with E-state index in [1.54, 1.807) is 0 Å². The Morgan fingerprint density at radius 3 is 1.67 bits per heavy atom. The maximum Gasteiger partial charge on any atom is 0.0465 e. The summed E-state index contributed by atoms with van der Waals surface area (Å²) in [5.74, 6) is 0. The lowest BCUT2D eigenvalue weighted by molar-refractivity contribution is 0.530. The van der Waals surface area contributed by atoms with Gasteiger partial charge in [-0.25, -0.2) is 0 Å². The molecular weight excluding hydrogens is 726 g/mol. The topological polar surface area (TPSA) is 3.24 Å². The van der Waals surface area contributed by atoms with E-state index in [1.165, 1.54) is 55.7 Å². The fourth-order valence-electron chi connectivity index (χ4n) is 8.65. The van der Waals surface area contributed by atoms with Crippen LogP contribution in [0, 0.1) is 0 Å². The van der Waals surface area contributed by atoms with Gasteiger partial charge in [0, 0.05) is 36.8 Å². The van der Waals surface area contributed by atoms with Crippen LogP contribution in [0.1, 0.15) is 78.6 Å². The maximum atomic E-state index is 3.67. The largest absolute Gasteiger partial charge is 0.310 e. The predicted molar refractivity (Wildman–Crippen MR) is 214 cm³/mol. The van der Waals surface area contributed by atoms with Crippen LogP contribution in [0.25, 0.3) is 5.57 Å². The lowest BCUT2D eigenvalue weighted by atomic mass is 9.54. The predicted octanol–water partition coefficient (Wildman–Crippen LogP) is 13.4. The first-order valence-corrected chi connectivity index (χ1v) is 18.7. The van der Waals surface area contributed by atoms with Gasteiger partial charge in [-0.05, 0) is 151 Å². The van der Waals surface area contributed by atoms with Crippen molar-refractivity contribution < 1.29 is 0 Å². The molecule has 2 aliphatic rings. The van der Waals surface area contributed by atoms with Crippen molar-refractivity contribution in [1.82, 2.24) is 0 Å². The number of benzene rings is 6. The molecule has 1 nitrogen and oxygen atoms in total. The van der Waals surface area contributed by atoms with Crippen molar-refractivity contribution >= 4 is 54.5 Å². The molecule has 2 unspecified atom stereocenters. The van der Waals surface area contributed by atoms with Crippen molar-refractivity contribution in [2.75, 3.05) is 4.90 Å². The highest BCUT2D eigenvalue weighted by Gasteiger charge is 2.53. The zero-order valence-electron chi connectivity index (χ0n) is 28.4. The Labute approximate surface area is 307 Å². The van der Waals surface area contributed by atoms with E-state index >= 15 is 0 Å². The third-order valence-corrected chi connectivity index (χ3v) is 12.3. The van der Waals surface area contributed by atoms with E-state index in [2.05, 4.69) is 204 Å². The van der Waals surface area contributed by atoms with Gasteiger partial charge in [-0.15, -0.1) is 0 Å². The Kier molecular flexibility index (Phi) is 8.05. The molecule has 0 N–H and O–H groups in total. The minimum absolute atomic E-state index is 0.260. The Hall–Kier alpha value is -4.18. The van der Waals surface area contributed by atoms with Crippen molar-refractivity contribution in [3.63, 3.8) is 0 Å². The van der Waals surface area contributed by atoms with Crippen molar-refractivity contribution in [3.05, 3.63) is 199 Å². The van der Waals surface area contributed by atoms with E-state index in [1.807, 2.05) is 0 Å². The van der Waals surface area contributed by atoms with E-state index in [0.717, 1.165) is 38.8 Å². The molecule has 0 heterocycles. The summed E-state index contributed by atoms with van der Waals surface area (Å²) in [5, 5.41) is 0. The van der Waals surface area contributed by atoms with Crippen molar-refractivity contribution in [2.24, 2.45) is 0 Å². The normalized spacial score (nSPS) is 18.8. The van der Waals surface area contributed by atoms with Gasteiger partial charge < -0.3 is 4.90 Å². The smallest absolute Gasteiger partial charge is 0.0465 e. The highest BCUT2D eigenvalue weighted by atomic mass is 79.9. The van der Waals surface area contributed by atoms with Gasteiger partial charge in [0.1, 0.15) is 0 Å². The molecular formula is C46H39Br2N. The van der Waals surface area contributed by atoms with Crippen LogP contribution in [-0.2, 0) is 17.3 Å². The third-order valence-electron chi connectivity index (χ3n) is 11.2. The Bertz CT molecular complexity index is 2200. The fourth-order valence-corrected chi connectivity index (χ4v) is 9.17. The molecule has 2 aliphatic carbocycles. The Morgan fingerprint density at radius 2 is 1.04 bits per heavy atom. The highest BCUT2D eigenvalue weighted by molar-refractivity contribution is 9.10. The van der Waals surface area contributed by atoms with Crippen molar-refractivity contribution in [1.29, 1.82) is 0 Å². The SMILES string of the molecule is CC(C)=C(C)c1ccccc1C1(C)c2ccccc2C2(CCc3ccccc32)c2cc(N(c3ccc(Br)cc3)c3ccc(Br)cc3)ccc21. The maximum absolute atomic E-state index is 3.67.